The highest BCUT2D eigenvalue weighted by molar-refractivity contribution is 6.74. The van der Waals surface area contributed by atoms with Crippen molar-refractivity contribution in [3.8, 4) is 0 Å². The van der Waals surface area contributed by atoms with E-state index in [1.165, 1.54) is 0 Å². The molecule has 1 saturated heterocycles. The average molecular weight is 346 g/mol. The maximum Gasteiger partial charge on any atom is 0.410 e. The lowest BCUT2D eigenvalue weighted by Crippen LogP contribution is -2.58. The summed E-state index contributed by atoms with van der Waals surface area (Å²) >= 11 is 0. The predicted molar refractivity (Wildman–Crippen MR) is 95.1 cm³/mol. The normalized spacial score (nSPS) is 26.5. The molecule has 6 heteroatoms. The van der Waals surface area contributed by atoms with Gasteiger partial charge in [0.25, 0.3) is 0 Å². The third-order valence-electron chi connectivity index (χ3n) is 5.10. The average Bonchev–Trinajstić information content (AvgIpc) is 2.63. The van der Waals surface area contributed by atoms with Crippen molar-refractivity contribution in [3.05, 3.63) is 0 Å². The molecule has 1 rings (SSSR count). The van der Waals surface area contributed by atoms with Gasteiger partial charge in [0.1, 0.15) is 5.60 Å². The Morgan fingerprint density at radius 2 is 1.78 bits per heavy atom. The molecule has 5 nitrogen and oxygen atoms in total. The first kappa shape index (κ1) is 20.5. The molecule has 0 radical (unpaired) electrons. The predicted octanol–water partition coefficient (Wildman–Crippen LogP) is 3.77. The molecule has 0 aromatic carbocycles. The van der Waals surface area contributed by atoms with Crippen LogP contribution in [0.2, 0.25) is 18.1 Å². The van der Waals surface area contributed by atoms with Crippen LogP contribution in [0.25, 0.3) is 0 Å². The monoisotopic (exact) mass is 345 g/mol. The first-order chi connectivity index (χ1) is 10.1. The van der Waals surface area contributed by atoms with Crippen LogP contribution in [0, 0.1) is 0 Å². The number of amides is 1. The van der Waals surface area contributed by atoms with Crippen molar-refractivity contribution in [1.29, 1.82) is 0 Å². The number of carbonyl (C=O) groups is 1. The van der Waals surface area contributed by atoms with E-state index in [2.05, 4.69) is 33.9 Å². The van der Waals surface area contributed by atoms with Gasteiger partial charge in [-0.1, -0.05) is 20.8 Å². The Morgan fingerprint density at radius 1 is 1.26 bits per heavy atom. The van der Waals surface area contributed by atoms with Crippen molar-refractivity contribution >= 4 is 14.4 Å². The molecule has 1 N–H and O–H groups in total. The van der Waals surface area contributed by atoms with Gasteiger partial charge in [-0.15, -0.1) is 0 Å². The summed E-state index contributed by atoms with van der Waals surface area (Å²) in [5.74, 6) is 0. The van der Waals surface area contributed by atoms with Crippen molar-refractivity contribution in [2.45, 2.75) is 90.3 Å². The third kappa shape index (κ3) is 4.48. The van der Waals surface area contributed by atoms with E-state index in [1.807, 2.05) is 27.7 Å². The minimum Gasteiger partial charge on any atom is -0.444 e. The minimum absolute atomic E-state index is 0.0860. The highest BCUT2D eigenvalue weighted by Crippen LogP contribution is 2.42. The number of ether oxygens (including phenoxy) is 1. The second-order valence-electron chi connectivity index (χ2n) is 9.30. The summed E-state index contributed by atoms with van der Waals surface area (Å²) in [5.41, 5.74) is -1.29. The summed E-state index contributed by atoms with van der Waals surface area (Å²) in [6.07, 6.45) is 0.180. The number of hydrogen-bond acceptors (Lipinski definition) is 4. The van der Waals surface area contributed by atoms with E-state index in [9.17, 15) is 9.90 Å². The topological polar surface area (TPSA) is 59.0 Å². The quantitative estimate of drug-likeness (QED) is 0.791. The molecule has 0 saturated carbocycles. The zero-order chi connectivity index (χ0) is 18.3. The van der Waals surface area contributed by atoms with Gasteiger partial charge in [-0.3, -0.25) is 4.90 Å². The standard InChI is InChI=1S/C17H35NO4Si/c1-15(2,3)21-14(20)18-11-10-13(17(18,7)12-19)22-23(8,9)16(4,5)6/h13,19H,10-12H2,1-9H3/t13-,17-/m0/s1. The molecule has 2 atom stereocenters. The van der Waals surface area contributed by atoms with Crippen LogP contribution in [-0.4, -0.2) is 54.8 Å². The fourth-order valence-corrected chi connectivity index (χ4v) is 3.95. The third-order valence-corrected chi connectivity index (χ3v) is 9.59. The van der Waals surface area contributed by atoms with Gasteiger partial charge in [0, 0.05) is 6.54 Å². The van der Waals surface area contributed by atoms with Gasteiger partial charge in [0.2, 0.25) is 0 Å². The van der Waals surface area contributed by atoms with Crippen molar-refractivity contribution < 1.29 is 19.1 Å². The van der Waals surface area contributed by atoms with Crippen LogP contribution in [0.4, 0.5) is 4.79 Å². The summed E-state index contributed by atoms with van der Waals surface area (Å²) in [4.78, 5) is 14.1. The maximum atomic E-state index is 12.5. The number of hydrogen-bond donors (Lipinski definition) is 1. The molecule has 1 fully saturated rings. The molecular weight excluding hydrogens is 310 g/mol. The van der Waals surface area contributed by atoms with Crippen LogP contribution in [0.3, 0.4) is 0 Å². The molecular formula is C17H35NO4Si. The summed E-state index contributed by atoms with van der Waals surface area (Å²) in [6.45, 7) is 18.8. The number of rotatable bonds is 3. The Labute approximate surface area is 142 Å². The number of nitrogens with zero attached hydrogens (tertiary/aromatic N) is 1. The molecule has 1 aliphatic rings. The fourth-order valence-electron chi connectivity index (χ4n) is 2.51. The Balaban J connectivity index is 2.96. The zero-order valence-electron chi connectivity index (χ0n) is 16.3. The lowest BCUT2D eigenvalue weighted by molar-refractivity contribution is -0.0243. The molecule has 1 aliphatic heterocycles. The molecule has 0 unspecified atom stereocenters. The summed E-state index contributed by atoms with van der Waals surface area (Å²) in [5, 5.41) is 10.1. The highest BCUT2D eigenvalue weighted by atomic mass is 28.4. The molecule has 0 bridgehead atoms. The van der Waals surface area contributed by atoms with Gasteiger partial charge in [-0.2, -0.15) is 0 Å². The van der Waals surface area contributed by atoms with Crippen LogP contribution in [-0.2, 0) is 9.16 Å². The van der Waals surface area contributed by atoms with Crippen molar-refractivity contribution in [2.75, 3.05) is 13.2 Å². The minimum atomic E-state index is -1.98. The largest absolute Gasteiger partial charge is 0.444 e. The second-order valence-corrected chi connectivity index (χ2v) is 14.1. The number of carbonyl (C=O) groups excluding carboxylic acids is 1. The van der Waals surface area contributed by atoms with Crippen molar-refractivity contribution in [2.24, 2.45) is 0 Å². The zero-order valence-corrected chi connectivity index (χ0v) is 17.3. The number of aliphatic hydroxyl groups is 1. The van der Waals surface area contributed by atoms with Crippen LogP contribution >= 0.6 is 0 Å². The Kier molecular flexibility index (Phi) is 5.67. The molecule has 23 heavy (non-hydrogen) atoms. The smallest absolute Gasteiger partial charge is 0.410 e. The molecule has 1 amide bonds. The van der Waals surface area contributed by atoms with E-state index >= 15 is 0 Å². The van der Waals surface area contributed by atoms with Crippen LogP contribution < -0.4 is 0 Å². The molecule has 1 heterocycles. The number of likely N-dealkylation sites (tertiary alicyclic amines) is 1. The SMILES string of the molecule is CC(C)(C)OC(=O)N1CC[C@H](O[Si](C)(C)C(C)(C)C)[C@]1(C)CO. The Hall–Kier alpha value is -0.593. The first-order valence-electron chi connectivity index (χ1n) is 8.43. The van der Waals surface area contributed by atoms with Gasteiger partial charge < -0.3 is 14.3 Å². The second kappa shape index (κ2) is 6.37. The molecule has 0 spiro atoms. The lowest BCUT2D eigenvalue weighted by atomic mass is 9.97. The van der Waals surface area contributed by atoms with Gasteiger partial charge in [0.05, 0.1) is 18.2 Å². The van der Waals surface area contributed by atoms with E-state index in [-0.39, 0.29) is 23.8 Å². The van der Waals surface area contributed by atoms with E-state index in [0.29, 0.717) is 6.54 Å². The van der Waals surface area contributed by atoms with E-state index in [0.717, 1.165) is 6.42 Å². The Morgan fingerprint density at radius 3 is 2.17 bits per heavy atom. The highest BCUT2D eigenvalue weighted by Gasteiger charge is 2.52. The van der Waals surface area contributed by atoms with E-state index in [4.69, 9.17) is 9.16 Å². The lowest BCUT2D eigenvalue weighted by Gasteiger charge is -2.44. The maximum absolute atomic E-state index is 12.5. The summed E-state index contributed by atoms with van der Waals surface area (Å²) in [6, 6.07) is 0. The van der Waals surface area contributed by atoms with E-state index < -0.39 is 19.5 Å². The van der Waals surface area contributed by atoms with Crippen LogP contribution in [0.1, 0.15) is 54.9 Å². The van der Waals surface area contributed by atoms with Gasteiger partial charge in [-0.25, -0.2) is 4.79 Å². The van der Waals surface area contributed by atoms with Crippen molar-refractivity contribution in [3.63, 3.8) is 0 Å². The fraction of sp³-hybridized carbons (Fsp3) is 0.941. The van der Waals surface area contributed by atoms with Gasteiger partial charge >= 0.3 is 6.09 Å². The molecule has 0 aliphatic carbocycles. The first-order valence-corrected chi connectivity index (χ1v) is 11.3. The molecule has 136 valence electrons. The van der Waals surface area contributed by atoms with Gasteiger partial charge in [0.15, 0.2) is 8.32 Å². The van der Waals surface area contributed by atoms with Gasteiger partial charge in [-0.05, 0) is 52.2 Å². The van der Waals surface area contributed by atoms with Crippen molar-refractivity contribution in [1.82, 2.24) is 4.90 Å². The summed E-state index contributed by atoms with van der Waals surface area (Å²) < 4.78 is 12.0. The van der Waals surface area contributed by atoms with Crippen LogP contribution in [0.5, 0.6) is 0 Å². The molecule has 0 aromatic rings. The molecule has 0 aromatic heterocycles. The number of aliphatic hydroxyl groups excluding tert-OH is 1. The Bertz CT molecular complexity index is 439. The van der Waals surface area contributed by atoms with Crippen LogP contribution in [0.15, 0.2) is 0 Å². The van der Waals surface area contributed by atoms with E-state index in [1.54, 1.807) is 4.90 Å². The summed E-state index contributed by atoms with van der Waals surface area (Å²) in [7, 11) is -1.98.